The van der Waals surface area contributed by atoms with Gasteiger partial charge in [0, 0.05) is 6.54 Å². The summed E-state index contributed by atoms with van der Waals surface area (Å²) >= 11 is 0. The van der Waals surface area contributed by atoms with Crippen LogP contribution in [0.15, 0.2) is 45.9 Å². The number of rotatable bonds is 7. The molecule has 0 bridgehead atoms. The van der Waals surface area contributed by atoms with Crippen LogP contribution in [-0.2, 0) is 29.5 Å². The van der Waals surface area contributed by atoms with Crippen molar-refractivity contribution < 1.29 is 12.8 Å². The molecule has 2 aromatic rings. The second kappa shape index (κ2) is 6.89. The molecule has 2 rings (SSSR count). The molecule has 5 nitrogen and oxygen atoms in total. The summed E-state index contributed by atoms with van der Waals surface area (Å²) in [6.45, 7) is 2.82. The molecule has 0 fully saturated rings. The maximum Gasteiger partial charge on any atom is 0.274 e. The van der Waals surface area contributed by atoms with Crippen molar-refractivity contribution >= 4 is 10.0 Å². The van der Waals surface area contributed by atoms with Crippen LogP contribution in [0.3, 0.4) is 0 Å². The first-order chi connectivity index (χ1) is 10.0. The Balaban J connectivity index is 2.02. The van der Waals surface area contributed by atoms with E-state index in [0.717, 1.165) is 12.0 Å². The maximum atomic E-state index is 12.1. The fourth-order valence-electron chi connectivity index (χ4n) is 1.91. The highest BCUT2D eigenvalue weighted by molar-refractivity contribution is 7.89. The highest BCUT2D eigenvalue weighted by Gasteiger charge is 2.18. The summed E-state index contributed by atoms with van der Waals surface area (Å²) in [4.78, 5) is 0. The summed E-state index contributed by atoms with van der Waals surface area (Å²) < 4.78 is 32.1. The summed E-state index contributed by atoms with van der Waals surface area (Å²) in [5, 5.41) is 2.85. The van der Waals surface area contributed by atoms with Crippen LogP contribution < -0.4 is 10.0 Å². The normalized spacial score (nSPS) is 11.7. The Morgan fingerprint density at radius 3 is 2.29 bits per heavy atom. The lowest BCUT2D eigenvalue weighted by molar-refractivity contribution is 0.404. The van der Waals surface area contributed by atoms with Crippen molar-refractivity contribution in [2.24, 2.45) is 0 Å². The quantitative estimate of drug-likeness (QED) is 0.821. The first-order valence-electron chi connectivity index (χ1n) is 6.86. The molecule has 0 amide bonds. The lowest BCUT2D eigenvalue weighted by Crippen LogP contribution is -2.22. The standard InChI is InChI=1S/C15H20N2O3S/c1-3-12-4-6-13(7-5-12)10-17-21(18,19)15-9-8-14(20-15)11-16-2/h4-9,16-17H,3,10-11H2,1-2H3. The Morgan fingerprint density at radius 1 is 1.00 bits per heavy atom. The number of benzene rings is 1. The largest absolute Gasteiger partial charge is 0.447 e. The van der Waals surface area contributed by atoms with Gasteiger partial charge in [-0.1, -0.05) is 31.2 Å². The van der Waals surface area contributed by atoms with Gasteiger partial charge in [-0.25, -0.2) is 13.1 Å². The van der Waals surface area contributed by atoms with Crippen LogP contribution in [0, 0.1) is 0 Å². The van der Waals surface area contributed by atoms with Crippen LogP contribution in [0.1, 0.15) is 23.8 Å². The molecule has 0 saturated heterocycles. The van der Waals surface area contributed by atoms with Gasteiger partial charge in [0.25, 0.3) is 10.0 Å². The molecule has 0 unspecified atom stereocenters. The van der Waals surface area contributed by atoms with E-state index in [2.05, 4.69) is 17.0 Å². The van der Waals surface area contributed by atoms with E-state index in [1.54, 1.807) is 13.1 Å². The lowest BCUT2D eigenvalue weighted by Gasteiger charge is -2.05. The summed E-state index contributed by atoms with van der Waals surface area (Å²) in [5.41, 5.74) is 2.14. The smallest absolute Gasteiger partial charge is 0.274 e. The third-order valence-corrected chi connectivity index (χ3v) is 4.42. The van der Waals surface area contributed by atoms with Gasteiger partial charge in [-0.15, -0.1) is 0 Å². The van der Waals surface area contributed by atoms with Gasteiger partial charge in [0.1, 0.15) is 5.76 Å². The van der Waals surface area contributed by atoms with E-state index in [1.165, 1.54) is 11.6 Å². The molecule has 0 aliphatic heterocycles. The van der Waals surface area contributed by atoms with Crippen molar-refractivity contribution in [2.75, 3.05) is 7.05 Å². The number of nitrogens with one attached hydrogen (secondary N) is 2. The van der Waals surface area contributed by atoms with E-state index in [1.807, 2.05) is 24.3 Å². The number of aryl methyl sites for hydroxylation is 1. The van der Waals surface area contributed by atoms with Crippen molar-refractivity contribution in [3.8, 4) is 0 Å². The lowest BCUT2D eigenvalue weighted by atomic mass is 10.1. The number of hydrogen-bond acceptors (Lipinski definition) is 4. The van der Waals surface area contributed by atoms with Crippen molar-refractivity contribution in [3.63, 3.8) is 0 Å². The van der Waals surface area contributed by atoms with Gasteiger partial charge in [0.2, 0.25) is 5.09 Å². The zero-order valence-electron chi connectivity index (χ0n) is 12.2. The molecule has 0 aliphatic carbocycles. The first-order valence-corrected chi connectivity index (χ1v) is 8.34. The van der Waals surface area contributed by atoms with Crippen molar-refractivity contribution in [2.45, 2.75) is 31.5 Å². The van der Waals surface area contributed by atoms with Gasteiger partial charge in [0.15, 0.2) is 0 Å². The fraction of sp³-hybridized carbons (Fsp3) is 0.333. The van der Waals surface area contributed by atoms with Crippen LogP contribution in [-0.4, -0.2) is 15.5 Å². The molecule has 0 saturated carbocycles. The fourth-order valence-corrected chi connectivity index (χ4v) is 2.88. The molecule has 2 N–H and O–H groups in total. The molecular weight excluding hydrogens is 288 g/mol. The van der Waals surface area contributed by atoms with Crippen molar-refractivity contribution in [1.82, 2.24) is 10.0 Å². The maximum absolute atomic E-state index is 12.1. The average Bonchev–Trinajstić information content (AvgIpc) is 2.96. The van der Waals surface area contributed by atoms with Crippen LogP contribution in [0.5, 0.6) is 0 Å². The molecule has 0 spiro atoms. The predicted octanol–water partition coefficient (Wildman–Crippen LogP) is 2.04. The monoisotopic (exact) mass is 308 g/mol. The molecular formula is C15H20N2O3S. The van der Waals surface area contributed by atoms with E-state index in [9.17, 15) is 8.42 Å². The molecule has 1 heterocycles. The minimum absolute atomic E-state index is 0.0575. The Morgan fingerprint density at radius 2 is 1.67 bits per heavy atom. The van der Waals surface area contributed by atoms with Gasteiger partial charge >= 0.3 is 0 Å². The molecule has 0 aliphatic rings. The van der Waals surface area contributed by atoms with Crippen LogP contribution >= 0.6 is 0 Å². The Kier molecular flexibility index (Phi) is 5.17. The van der Waals surface area contributed by atoms with Crippen molar-refractivity contribution in [1.29, 1.82) is 0 Å². The second-order valence-corrected chi connectivity index (χ2v) is 6.44. The van der Waals surface area contributed by atoms with Gasteiger partial charge in [0.05, 0.1) is 6.54 Å². The van der Waals surface area contributed by atoms with Gasteiger partial charge < -0.3 is 9.73 Å². The van der Waals surface area contributed by atoms with Gasteiger partial charge in [-0.3, -0.25) is 0 Å². The minimum atomic E-state index is -3.62. The number of furan rings is 1. The van der Waals surface area contributed by atoms with E-state index < -0.39 is 10.0 Å². The molecule has 114 valence electrons. The zero-order chi connectivity index (χ0) is 15.3. The summed E-state index contributed by atoms with van der Waals surface area (Å²) in [5.74, 6) is 0.588. The topological polar surface area (TPSA) is 71.3 Å². The predicted molar refractivity (Wildman–Crippen MR) is 81.3 cm³/mol. The van der Waals surface area contributed by atoms with Gasteiger partial charge in [-0.2, -0.15) is 0 Å². The van der Waals surface area contributed by atoms with Crippen LogP contribution in [0.25, 0.3) is 0 Å². The van der Waals surface area contributed by atoms with Crippen LogP contribution in [0.2, 0.25) is 0 Å². The van der Waals surface area contributed by atoms with Gasteiger partial charge in [-0.05, 0) is 36.7 Å². The average molecular weight is 308 g/mol. The van der Waals surface area contributed by atoms with E-state index in [-0.39, 0.29) is 11.6 Å². The molecule has 0 atom stereocenters. The Hall–Kier alpha value is -1.63. The third kappa shape index (κ3) is 4.17. The van der Waals surface area contributed by atoms with Crippen LogP contribution in [0.4, 0.5) is 0 Å². The molecule has 21 heavy (non-hydrogen) atoms. The SMILES string of the molecule is CCc1ccc(CNS(=O)(=O)c2ccc(CNC)o2)cc1. The van der Waals surface area contributed by atoms with Crippen molar-refractivity contribution in [3.05, 3.63) is 53.3 Å². The zero-order valence-corrected chi connectivity index (χ0v) is 13.0. The molecule has 0 radical (unpaired) electrons. The summed E-state index contributed by atoms with van der Waals surface area (Å²) in [6.07, 6.45) is 0.965. The van der Waals surface area contributed by atoms with E-state index in [0.29, 0.717) is 12.3 Å². The summed E-state index contributed by atoms with van der Waals surface area (Å²) in [6, 6.07) is 11.0. The Bertz CT molecular complexity index is 675. The minimum Gasteiger partial charge on any atom is -0.447 e. The number of sulfonamides is 1. The molecule has 1 aromatic heterocycles. The second-order valence-electron chi connectivity index (χ2n) is 4.75. The highest BCUT2D eigenvalue weighted by Crippen LogP contribution is 2.14. The third-order valence-electron chi connectivity index (χ3n) is 3.15. The molecule has 1 aromatic carbocycles. The highest BCUT2D eigenvalue weighted by atomic mass is 32.2. The first kappa shape index (κ1) is 15.8. The number of hydrogen-bond donors (Lipinski definition) is 2. The summed E-state index contributed by atoms with van der Waals surface area (Å²) in [7, 11) is -1.84. The molecule has 6 heteroatoms. The van der Waals surface area contributed by atoms with E-state index >= 15 is 0 Å². The van der Waals surface area contributed by atoms with E-state index in [4.69, 9.17) is 4.42 Å². The Labute approximate surface area is 125 Å².